The minimum absolute atomic E-state index is 0.00759. The number of hydrogen-bond acceptors (Lipinski definition) is 2. The van der Waals surface area contributed by atoms with Crippen molar-refractivity contribution in [1.29, 1.82) is 0 Å². The van der Waals surface area contributed by atoms with Crippen molar-refractivity contribution in [2.45, 2.75) is 43.6 Å². The molecule has 2 rings (SSSR count). The van der Waals surface area contributed by atoms with E-state index in [1.807, 2.05) is 0 Å². The third-order valence-corrected chi connectivity index (χ3v) is 6.12. The summed E-state index contributed by atoms with van der Waals surface area (Å²) >= 11 is 0. The zero-order valence-corrected chi connectivity index (χ0v) is 20.9. The highest BCUT2D eigenvalue weighted by atomic mass is 31.0. The first-order valence-corrected chi connectivity index (χ1v) is 11.4. The summed E-state index contributed by atoms with van der Waals surface area (Å²) in [5, 5.41) is 2.37. The lowest BCUT2D eigenvalue weighted by atomic mass is 9.95. The van der Waals surface area contributed by atoms with Crippen molar-refractivity contribution in [1.82, 2.24) is 9.80 Å². The summed E-state index contributed by atoms with van der Waals surface area (Å²) in [5.41, 5.74) is -12.5. The van der Waals surface area contributed by atoms with Gasteiger partial charge in [0.25, 0.3) is 5.67 Å². The van der Waals surface area contributed by atoms with Crippen LogP contribution < -0.4 is 5.32 Å². The third kappa shape index (κ3) is 6.61. The lowest BCUT2D eigenvalue weighted by Crippen LogP contribution is -2.55. The SMILES string of the molecule is C=C(/C(=C\C=C/C)C(F)(F)F)N1CCN(C(=O)Nc2ccc(C(F)(C(F)(F)F)C(F)(F)P)cc2)C(C)C1. The molecule has 14 heteroatoms. The lowest BCUT2D eigenvalue weighted by Gasteiger charge is -2.42. The van der Waals surface area contributed by atoms with E-state index in [1.54, 1.807) is 13.8 Å². The summed E-state index contributed by atoms with van der Waals surface area (Å²) in [5.74, 6) is 0. The number of nitrogens with one attached hydrogen (secondary N) is 1. The highest BCUT2D eigenvalue weighted by Crippen LogP contribution is 2.55. The number of benzene rings is 1. The van der Waals surface area contributed by atoms with E-state index in [1.165, 1.54) is 22.0 Å². The van der Waals surface area contributed by atoms with Crippen molar-refractivity contribution in [3.63, 3.8) is 0 Å². The first-order chi connectivity index (χ1) is 16.8. The summed E-state index contributed by atoms with van der Waals surface area (Å²) in [7, 11) is 0.546. The Morgan fingerprint density at radius 1 is 1.05 bits per heavy atom. The molecule has 1 fully saturated rings. The number of carbonyl (C=O) groups excluding carboxylic acids is 1. The molecule has 4 nitrogen and oxygen atoms in total. The van der Waals surface area contributed by atoms with Crippen molar-refractivity contribution >= 4 is 21.0 Å². The van der Waals surface area contributed by atoms with Crippen LogP contribution in [0.4, 0.5) is 50.0 Å². The van der Waals surface area contributed by atoms with Gasteiger partial charge in [0.1, 0.15) is 0 Å². The van der Waals surface area contributed by atoms with Gasteiger partial charge in [0, 0.05) is 42.6 Å². The second kappa shape index (κ2) is 11.0. The van der Waals surface area contributed by atoms with Gasteiger partial charge in [-0.1, -0.05) is 40.1 Å². The van der Waals surface area contributed by atoms with Crippen molar-refractivity contribution < 1.29 is 44.3 Å². The highest BCUT2D eigenvalue weighted by Gasteiger charge is 2.70. The predicted octanol–water partition coefficient (Wildman–Crippen LogP) is 7.00. The molecular weight excluding hydrogens is 536 g/mol. The van der Waals surface area contributed by atoms with Gasteiger partial charge in [-0.25, -0.2) is 9.18 Å². The maximum absolute atomic E-state index is 14.5. The zero-order chi connectivity index (χ0) is 28.4. The first-order valence-electron chi connectivity index (χ1n) is 10.8. The van der Waals surface area contributed by atoms with Gasteiger partial charge in [-0.15, -0.1) is 0 Å². The second-order valence-electron chi connectivity index (χ2n) is 8.33. The summed E-state index contributed by atoms with van der Waals surface area (Å²) in [6.07, 6.45) is -7.01. The Labute approximate surface area is 210 Å². The Kier molecular flexibility index (Phi) is 9.05. The molecule has 1 N–H and O–H groups in total. The Morgan fingerprint density at radius 3 is 2.05 bits per heavy atom. The van der Waals surface area contributed by atoms with Crippen LogP contribution in [0.15, 0.2) is 60.3 Å². The topological polar surface area (TPSA) is 35.6 Å². The van der Waals surface area contributed by atoms with Crippen molar-refractivity contribution in [3.8, 4) is 0 Å². The van der Waals surface area contributed by atoms with Gasteiger partial charge in [0.05, 0.1) is 5.57 Å². The molecule has 0 aromatic heterocycles. The number of rotatable bonds is 6. The molecule has 0 bridgehead atoms. The van der Waals surface area contributed by atoms with E-state index in [4.69, 9.17) is 0 Å². The fourth-order valence-corrected chi connectivity index (χ4v) is 4.08. The fraction of sp³-hybridized carbons (Fsp3) is 0.435. The third-order valence-electron chi connectivity index (χ3n) is 5.73. The maximum Gasteiger partial charge on any atom is 0.433 e. The molecule has 2 amide bonds. The molecule has 206 valence electrons. The normalized spacial score (nSPS) is 19.7. The lowest BCUT2D eigenvalue weighted by molar-refractivity contribution is -0.284. The number of anilines is 1. The molecule has 3 atom stereocenters. The van der Waals surface area contributed by atoms with Gasteiger partial charge in [0.2, 0.25) is 0 Å². The van der Waals surface area contributed by atoms with Crippen molar-refractivity contribution in [2.24, 2.45) is 0 Å². The number of nitrogens with zero attached hydrogens (tertiary/aromatic N) is 2. The van der Waals surface area contributed by atoms with Crippen LogP contribution in [0.3, 0.4) is 0 Å². The molecular formula is C23H25F9N3OP. The van der Waals surface area contributed by atoms with Crippen LogP contribution in [0.1, 0.15) is 19.4 Å². The van der Waals surface area contributed by atoms with Gasteiger partial charge in [-0.3, -0.25) is 0 Å². The Bertz CT molecular complexity index is 1030. The average Bonchev–Trinajstić information content (AvgIpc) is 2.76. The van der Waals surface area contributed by atoms with Crippen LogP contribution in [0, 0.1) is 0 Å². The van der Waals surface area contributed by atoms with Crippen LogP contribution >= 0.6 is 9.24 Å². The van der Waals surface area contributed by atoms with Gasteiger partial charge < -0.3 is 15.1 Å². The largest absolute Gasteiger partial charge is 0.433 e. The molecule has 0 saturated carbocycles. The van der Waals surface area contributed by atoms with E-state index in [0.29, 0.717) is 21.4 Å². The second-order valence-corrected chi connectivity index (χ2v) is 9.05. The highest BCUT2D eigenvalue weighted by molar-refractivity contribution is 7.18. The quantitative estimate of drug-likeness (QED) is 0.231. The molecule has 0 spiro atoms. The molecule has 1 aliphatic heterocycles. The van der Waals surface area contributed by atoms with Gasteiger partial charge in [0.15, 0.2) is 0 Å². The van der Waals surface area contributed by atoms with E-state index in [0.717, 1.165) is 18.2 Å². The summed E-state index contributed by atoms with van der Waals surface area (Å²) in [6.45, 7) is 6.69. The van der Waals surface area contributed by atoms with E-state index in [9.17, 15) is 44.3 Å². The monoisotopic (exact) mass is 561 g/mol. The van der Waals surface area contributed by atoms with Gasteiger partial charge in [-0.05, 0) is 32.1 Å². The molecule has 0 radical (unpaired) electrons. The van der Waals surface area contributed by atoms with Crippen LogP contribution in [0.5, 0.6) is 0 Å². The molecule has 1 heterocycles. The molecule has 1 aromatic carbocycles. The van der Waals surface area contributed by atoms with Crippen LogP contribution in [0.2, 0.25) is 0 Å². The molecule has 3 unspecified atom stereocenters. The Balaban J connectivity index is 2.13. The number of piperazine rings is 1. The molecule has 0 aliphatic carbocycles. The number of urea groups is 1. The number of alkyl halides is 9. The van der Waals surface area contributed by atoms with Gasteiger partial charge >= 0.3 is 24.0 Å². The van der Waals surface area contributed by atoms with E-state index in [-0.39, 0.29) is 31.0 Å². The zero-order valence-electron chi connectivity index (χ0n) is 19.7. The van der Waals surface area contributed by atoms with Crippen LogP contribution in [-0.2, 0) is 5.67 Å². The first kappa shape index (κ1) is 30.5. The average molecular weight is 561 g/mol. The number of hydrogen-bond donors (Lipinski definition) is 1. The van der Waals surface area contributed by atoms with Gasteiger partial charge in [-0.2, -0.15) is 35.1 Å². The minimum Gasteiger partial charge on any atom is -0.368 e. The standard InChI is InChI=1S/C23H25F9N3OP/c1-4-5-6-18(21(25,26)27)15(3)34-11-12-35(14(2)13-34)19(36)33-17-9-7-16(8-10-17)20(24,22(28,29)30)23(31,32)37/h4-10,14H,3,11-13,37H2,1-2H3,(H,33,36)/b5-4-,18-6+. The van der Waals surface area contributed by atoms with Crippen molar-refractivity contribution in [2.75, 3.05) is 25.0 Å². The fourth-order valence-electron chi connectivity index (χ4n) is 3.75. The number of allylic oxidation sites excluding steroid dienone is 4. The molecule has 1 saturated heterocycles. The summed E-state index contributed by atoms with van der Waals surface area (Å²) in [4.78, 5) is 15.4. The van der Waals surface area contributed by atoms with Crippen molar-refractivity contribution in [3.05, 3.63) is 65.9 Å². The Morgan fingerprint density at radius 2 is 1.62 bits per heavy atom. The molecule has 1 aromatic rings. The number of carbonyl (C=O) groups is 1. The maximum atomic E-state index is 14.5. The minimum atomic E-state index is -5.92. The van der Waals surface area contributed by atoms with Crippen LogP contribution in [0.25, 0.3) is 0 Å². The summed E-state index contributed by atoms with van der Waals surface area (Å²) in [6, 6.07) is 1.33. The Hall–Kier alpha value is -2.69. The number of amides is 2. The smallest absolute Gasteiger partial charge is 0.368 e. The van der Waals surface area contributed by atoms with E-state index in [2.05, 4.69) is 11.9 Å². The molecule has 37 heavy (non-hydrogen) atoms. The van der Waals surface area contributed by atoms with E-state index >= 15 is 0 Å². The number of halogens is 9. The molecule has 1 aliphatic rings. The summed E-state index contributed by atoms with van der Waals surface area (Å²) < 4.78 is 121. The van der Waals surface area contributed by atoms with Crippen LogP contribution in [-0.4, -0.2) is 59.5 Å². The predicted molar refractivity (Wildman–Crippen MR) is 125 cm³/mol. The van der Waals surface area contributed by atoms with E-state index < -0.39 is 46.9 Å².